The van der Waals surface area contributed by atoms with E-state index in [4.69, 9.17) is 0 Å². The lowest BCUT2D eigenvalue weighted by atomic mass is 10.2. The van der Waals surface area contributed by atoms with Crippen LogP contribution in [0.3, 0.4) is 0 Å². The molecule has 1 aliphatic rings. The Morgan fingerprint density at radius 3 is 2.46 bits per heavy atom. The van der Waals surface area contributed by atoms with E-state index < -0.39 is 4.92 Å². The number of amides is 1. The van der Waals surface area contributed by atoms with Crippen LogP contribution in [-0.2, 0) is 17.9 Å². The van der Waals surface area contributed by atoms with Crippen LogP contribution in [0, 0.1) is 10.1 Å². The van der Waals surface area contributed by atoms with Gasteiger partial charge >= 0.3 is 0 Å². The molecule has 8 nitrogen and oxygen atoms in total. The highest BCUT2D eigenvalue weighted by Gasteiger charge is 2.21. The quantitative estimate of drug-likeness (QED) is 0.347. The fraction of sp³-hybridized carbons (Fsp3) is 0.300. The molecular formula is C20H23N5O3. The number of nitro groups is 1. The van der Waals surface area contributed by atoms with Gasteiger partial charge in [0, 0.05) is 50.9 Å². The van der Waals surface area contributed by atoms with Crippen molar-refractivity contribution in [3.8, 4) is 0 Å². The first-order valence-electron chi connectivity index (χ1n) is 9.14. The molecule has 0 aliphatic carbocycles. The van der Waals surface area contributed by atoms with E-state index in [1.807, 2.05) is 35.2 Å². The smallest absolute Gasteiger partial charge is 0.269 e. The van der Waals surface area contributed by atoms with Crippen LogP contribution in [0.15, 0.2) is 53.5 Å². The molecule has 1 heterocycles. The fourth-order valence-corrected chi connectivity index (χ4v) is 3.09. The van der Waals surface area contributed by atoms with E-state index in [-0.39, 0.29) is 11.6 Å². The van der Waals surface area contributed by atoms with Crippen molar-refractivity contribution in [1.82, 2.24) is 10.6 Å². The number of hydrogen-bond acceptors (Lipinski definition) is 4. The number of carbonyl (C=O) groups is 1. The molecule has 0 saturated carbocycles. The Hall–Kier alpha value is -3.42. The average molecular weight is 381 g/mol. The maximum atomic E-state index is 11.8. The molecule has 1 fully saturated rings. The third-order valence-electron chi connectivity index (χ3n) is 4.59. The highest BCUT2D eigenvalue weighted by molar-refractivity contribution is 5.95. The van der Waals surface area contributed by atoms with Crippen LogP contribution in [0.5, 0.6) is 0 Å². The number of nitrogens with one attached hydrogen (secondary N) is 2. The lowest BCUT2D eigenvalue weighted by Crippen LogP contribution is -2.36. The zero-order valence-corrected chi connectivity index (χ0v) is 15.7. The molecule has 146 valence electrons. The molecule has 2 N–H and O–H groups in total. The second kappa shape index (κ2) is 8.98. The number of rotatable bonds is 6. The molecule has 1 amide bonds. The molecule has 3 rings (SSSR count). The summed E-state index contributed by atoms with van der Waals surface area (Å²) in [6.07, 6.45) is 1.53. The molecule has 0 spiro atoms. The van der Waals surface area contributed by atoms with E-state index in [1.165, 1.54) is 6.07 Å². The van der Waals surface area contributed by atoms with Gasteiger partial charge in [0.1, 0.15) is 0 Å². The first kappa shape index (κ1) is 19.3. The zero-order chi connectivity index (χ0) is 19.9. The number of guanidine groups is 1. The minimum absolute atomic E-state index is 0.0684. The number of benzene rings is 2. The number of aliphatic imine (C=N–C) groups is 1. The van der Waals surface area contributed by atoms with Crippen LogP contribution in [0.4, 0.5) is 11.4 Å². The first-order chi connectivity index (χ1) is 13.6. The second-order valence-electron chi connectivity index (χ2n) is 6.52. The summed E-state index contributed by atoms with van der Waals surface area (Å²) in [7, 11) is 1.67. The van der Waals surface area contributed by atoms with Crippen molar-refractivity contribution in [1.29, 1.82) is 0 Å². The maximum Gasteiger partial charge on any atom is 0.269 e. The molecule has 8 heteroatoms. The summed E-state index contributed by atoms with van der Waals surface area (Å²) in [6.45, 7) is 1.78. The van der Waals surface area contributed by atoms with E-state index in [2.05, 4.69) is 15.6 Å². The molecule has 0 aromatic heterocycles. The van der Waals surface area contributed by atoms with Crippen molar-refractivity contribution >= 4 is 23.2 Å². The molecule has 1 saturated heterocycles. The predicted octanol–water partition coefficient (Wildman–Crippen LogP) is 2.59. The molecule has 0 atom stereocenters. The van der Waals surface area contributed by atoms with Crippen molar-refractivity contribution in [2.75, 3.05) is 18.5 Å². The van der Waals surface area contributed by atoms with Crippen LogP contribution in [0.1, 0.15) is 24.0 Å². The van der Waals surface area contributed by atoms with Gasteiger partial charge in [-0.15, -0.1) is 0 Å². The topological polar surface area (TPSA) is 99.9 Å². The lowest BCUT2D eigenvalue weighted by molar-refractivity contribution is -0.384. The Morgan fingerprint density at radius 1 is 1.14 bits per heavy atom. The number of non-ortho nitro benzene ring substituents is 1. The standard InChI is InChI=1S/C20H23N5O3/c1-21-20(23-14-16-4-2-5-18(12-16)25(27)28)22-13-15-7-9-17(10-8-15)24-11-3-6-19(24)26/h2,4-5,7-10,12H,3,6,11,13-14H2,1H3,(H2,21,22,23). The Bertz CT molecular complexity index is 880. The summed E-state index contributed by atoms with van der Waals surface area (Å²) < 4.78 is 0. The number of hydrogen-bond donors (Lipinski definition) is 2. The summed E-state index contributed by atoms with van der Waals surface area (Å²) in [4.78, 5) is 28.3. The zero-order valence-electron chi connectivity index (χ0n) is 15.7. The van der Waals surface area contributed by atoms with Crippen LogP contribution in [0.2, 0.25) is 0 Å². The maximum absolute atomic E-state index is 11.8. The van der Waals surface area contributed by atoms with Crippen LogP contribution in [0.25, 0.3) is 0 Å². The molecule has 0 bridgehead atoms. The van der Waals surface area contributed by atoms with Crippen LogP contribution < -0.4 is 15.5 Å². The van der Waals surface area contributed by atoms with E-state index in [9.17, 15) is 14.9 Å². The van der Waals surface area contributed by atoms with E-state index in [1.54, 1.807) is 19.2 Å². The van der Waals surface area contributed by atoms with Gasteiger partial charge in [0.25, 0.3) is 5.69 Å². The summed E-state index contributed by atoms with van der Waals surface area (Å²) in [6, 6.07) is 14.4. The molecule has 2 aromatic rings. The lowest BCUT2D eigenvalue weighted by Gasteiger charge is -2.16. The number of anilines is 1. The van der Waals surface area contributed by atoms with E-state index >= 15 is 0 Å². The minimum atomic E-state index is -0.407. The highest BCUT2D eigenvalue weighted by Crippen LogP contribution is 2.21. The Balaban J connectivity index is 1.52. The molecule has 2 aromatic carbocycles. The molecule has 0 radical (unpaired) electrons. The molecular weight excluding hydrogens is 358 g/mol. The van der Waals surface area contributed by atoms with Gasteiger partial charge in [-0.3, -0.25) is 19.9 Å². The molecule has 0 unspecified atom stereocenters. The van der Waals surface area contributed by atoms with Crippen molar-refractivity contribution in [2.45, 2.75) is 25.9 Å². The van der Waals surface area contributed by atoms with Crippen molar-refractivity contribution in [3.05, 3.63) is 69.8 Å². The Labute approximate surface area is 163 Å². The van der Waals surface area contributed by atoms with Gasteiger partial charge in [-0.05, 0) is 29.7 Å². The van der Waals surface area contributed by atoms with Gasteiger partial charge in [-0.1, -0.05) is 24.3 Å². The Morgan fingerprint density at radius 2 is 1.86 bits per heavy atom. The molecule has 1 aliphatic heterocycles. The average Bonchev–Trinajstić information content (AvgIpc) is 3.14. The Kier molecular flexibility index (Phi) is 6.21. The van der Waals surface area contributed by atoms with E-state index in [0.717, 1.165) is 29.8 Å². The summed E-state index contributed by atoms with van der Waals surface area (Å²) in [5.41, 5.74) is 2.86. The number of nitrogens with zero attached hydrogens (tertiary/aromatic N) is 3. The summed E-state index contributed by atoms with van der Waals surface area (Å²) in [5, 5.41) is 17.2. The van der Waals surface area contributed by atoms with Gasteiger partial charge in [-0.25, -0.2) is 0 Å². The van der Waals surface area contributed by atoms with Gasteiger partial charge < -0.3 is 15.5 Å². The summed E-state index contributed by atoms with van der Waals surface area (Å²) >= 11 is 0. The van der Waals surface area contributed by atoms with Crippen LogP contribution >= 0.6 is 0 Å². The van der Waals surface area contributed by atoms with E-state index in [0.29, 0.717) is 25.5 Å². The largest absolute Gasteiger partial charge is 0.352 e. The SMILES string of the molecule is CN=C(NCc1ccc(N2CCCC2=O)cc1)NCc1cccc([N+](=O)[O-])c1. The third kappa shape index (κ3) is 4.85. The van der Waals surface area contributed by atoms with Gasteiger partial charge in [0.05, 0.1) is 4.92 Å². The summed E-state index contributed by atoms with van der Waals surface area (Å²) in [5.74, 6) is 0.780. The first-order valence-corrected chi connectivity index (χ1v) is 9.14. The monoisotopic (exact) mass is 381 g/mol. The normalized spacial score (nSPS) is 14.2. The van der Waals surface area contributed by atoms with Crippen molar-refractivity contribution < 1.29 is 9.72 Å². The fourth-order valence-electron chi connectivity index (χ4n) is 3.09. The molecule has 28 heavy (non-hydrogen) atoms. The van der Waals surface area contributed by atoms with Gasteiger partial charge in [0.15, 0.2) is 5.96 Å². The van der Waals surface area contributed by atoms with Crippen molar-refractivity contribution in [2.24, 2.45) is 4.99 Å². The van der Waals surface area contributed by atoms with Crippen LogP contribution in [-0.4, -0.2) is 30.4 Å². The minimum Gasteiger partial charge on any atom is -0.352 e. The second-order valence-corrected chi connectivity index (χ2v) is 6.52. The number of carbonyl (C=O) groups excluding carboxylic acids is 1. The van der Waals surface area contributed by atoms with Gasteiger partial charge in [0.2, 0.25) is 5.91 Å². The highest BCUT2D eigenvalue weighted by atomic mass is 16.6. The van der Waals surface area contributed by atoms with Gasteiger partial charge in [-0.2, -0.15) is 0 Å². The predicted molar refractivity (Wildman–Crippen MR) is 108 cm³/mol. The van der Waals surface area contributed by atoms with Crippen molar-refractivity contribution in [3.63, 3.8) is 0 Å². The third-order valence-corrected chi connectivity index (χ3v) is 4.59. The number of nitro benzene ring substituents is 1.